The molecule has 0 fully saturated rings. The molecule has 2 aromatic carbocycles. The monoisotopic (exact) mass is 485 g/mol. The third-order valence-electron chi connectivity index (χ3n) is 5.74. The number of rotatable bonds is 6. The lowest BCUT2D eigenvalue weighted by molar-refractivity contribution is 0.0521. The second kappa shape index (κ2) is 9.10. The van der Waals surface area contributed by atoms with Crippen LogP contribution in [0.3, 0.4) is 0 Å². The van der Waals surface area contributed by atoms with E-state index in [4.69, 9.17) is 18.9 Å². The third kappa shape index (κ3) is 3.90. The van der Waals surface area contributed by atoms with Crippen LogP contribution in [0.1, 0.15) is 23.2 Å². The number of nitrogens with zero attached hydrogens (tertiary/aromatic N) is 1. The number of hydrogen-bond donors (Lipinski definition) is 3. The minimum atomic E-state index is -0.583. The minimum Gasteiger partial charge on any atom is -0.501 e. The molecule has 3 heterocycles. The highest BCUT2D eigenvalue weighted by molar-refractivity contribution is 6.07. The Morgan fingerprint density at radius 2 is 1.92 bits per heavy atom. The molecule has 0 bridgehead atoms. The number of para-hydroxylation sites is 1. The number of carbonyl (C=O) groups is 1. The van der Waals surface area contributed by atoms with Gasteiger partial charge in [0.25, 0.3) is 0 Å². The predicted molar refractivity (Wildman–Crippen MR) is 134 cm³/mol. The number of methoxy groups -OCH3 is 1. The summed E-state index contributed by atoms with van der Waals surface area (Å²) in [7, 11) is 1.55. The van der Waals surface area contributed by atoms with Crippen molar-refractivity contribution in [3.63, 3.8) is 0 Å². The Hall–Kier alpha value is -4.79. The Bertz CT molecular complexity index is 1660. The minimum absolute atomic E-state index is 0.0610. The molecule has 0 unspecified atom stereocenters. The van der Waals surface area contributed by atoms with E-state index in [2.05, 4.69) is 9.97 Å². The van der Waals surface area contributed by atoms with E-state index in [1.54, 1.807) is 39.2 Å². The first-order chi connectivity index (χ1) is 17.4. The lowest BCUT2D eigenvalue weighted by Gasteiger charge is -2.06. The zero-order valence-electron chi connectivity index (χ0n) is 19.8. The summed E-state index contributed by atoms with van der Waals surface area (Å²) in [6.45, 7) is 3.55. The summed E-state index contributed by atoms with van der Waals surface area (Å²) in [5.74, 6) is 0.0945. The van der Waals surface area contributed by atoms with Gasteiger partial charge in [0.05, 0.1) is 19.3 Å². The summed E-state index contributed by atoms with van der Waals surface area (Å²) in [4.78, 5) is 36.4. The van der Waals surface area contributed by atoms with Crippen molar-refractivity contribution in [1.29, 1.82) is 0 Å². The maximum atomic E-state index is 12.9. The molecule has 182 valence electrons. The number of carbonyl (C=O) groups excluding carboxylic acids is 1. The summed E-state index contributed by atoms with van der Waals surface area (Å²) in [6, 6.07) is 15.8. The molecule has 0 radical (unpaired) electrons. The van der Waals surface area contributed by atoms with Gasteiger partial charge in [-0.2, -0.15) is 0 Å². The molecule has 0 spiro atoms. The van der Waals surface area contributed by atoms with Crippen LogP contribution >= 0.6 is 0 Å². The maximum absolute atomic E-state index is 12.9. The van der Waals surface area contributed by atoms with E-state index < -0.39 is 17.1 Å². The molecular formula is C27H23N3O6. The lowest BCUT2D eigenvalue weighted by atomic mass is 10.1. The van der Waals surface area contributed by atoms with Gasteiger partial charge >= 0.3 is 5.97 Å². The van der Waals surface area contributed by atoms with Crippen LogP contribution in [0.5, 0.6) is 11.5 Å². The molecule has 0 amide bonds. The van der Waals surface area contributed by atoms with Crippen molar-refractivity contribution in [2.45, 2.75) is 13.8 Å². The molecule has 0 aliphatic carbocycles. The van der Waals surface area contributed by atoms with Crippen molar-refractivity contribution in [1.82, 2.24) is 15.0 Å². The number of aromatic hydroxyl groups is 1. The number of hydrogen-bond acceptors (Lipinski definition) is 7. The van der Waals surface area contributed by atoms with E-state index >= 15 is 0 Å². The first kappa shape index (κ1) is 23.0. The fourth-order valence-electron chi connectivity index (χ4n) is 4.15. The van der Waals surface area contributed by atoms with Gasteiger partial charge in [-0.15, -0.1) is 0 Å². The number of ether oxygens (including phenoxy) is 2. The van der Waals surface area contributed by atoms with Crippen molar-refractivity contribution >= 4 is 16.9 Å². The molecular weight excluding hydrogens is 462 g/mol. The number of aromatic amines is 2. The second-order valence-electron chi connectivity index (χ2n) is 8.08. The standard InChI is InChI=1S/C27H23N3O6/c1-4-35-27(33)22-20(17-10-5-6-11-18(17)28-22)26-29-21(15-8-7-9-16(13-15)34-3)23(30-26)25-24(32)19(31)12-14(2)36-25/h5-13,28,32H,4H2,1-3H3,(H,29,30). The lowest BCUT2D eigenvalue weighted by Crippen LogP contribution is -2.06. The fraction of sp³-hybridized carbons (Fsp3) is 0.148. The Kier molecular flexibility index (Phi) is 5.81. The van der Waals surface area contributed by atoms with E-state index in [1.807, 2.05) is 30.3 Å². The van der Waals surface area contributed by atoms with Gasteiger partial charge in [-0.1, -0.05) is 30.3 Å². The number of aryl methyl sites for hydroxylation is 1. The van der Waals surface area contributed by atoms with Gasteiger partial charge in [-0.25, -0.2) is 9.78 Å². The van der Waals surface area contributed by atoms with E-state index in [0.29, 0.717) is 34.2 Å². The van der Waals surface area contributed by atoms with Crippen molar-refractivity contribution in [2.75, 3.05) is 13.7 Å². The molecule has 0 atom stereocenters. The van der Waals surface area contributed by atoms with Gasteiger partial charge in [-0.3, -0.25) is 4.79 Å². The maximum Gasteiger partial charge on any atom is 0.355 e. The number of H-pyrrole nitrogens is 2. The molecule has 5 rings (SSSR count). The van der Waals surface area contributed by atoms with Crippen molar-refractivity contribution in [3.8, 4) is 45.6 Å². The highest BCUT2D eigenvalue weighted by Crippen LogP contribution is 2.39. The summed E-state index contributed by atoms with van der Waals surface area (Å²) < 4.78 is 16.4. The Balaban J connectivity index is 1.83. The van der Waals surface area contributed by atoms with Gasteiger partial charge in [0.1, 0.15) is 34.4 Å². The van der Waals surface area contributed by atoms with Gasteiger partial charge in [0, 0.05) is 22.5 Å². The SMILES string of the molecule is CCOC(=O)c1[nH]c2ccccc2c1-c1nc(-c2cccc(OC)c2)c(-c2oc(C)cc(=O)c2O)[nH]1. The molecule has 9 nitrogen and oxygen atoms in total. The van der Waals surface area contributed by atoms with Gasteiger partial charge < -0.3 is 29.0 Å². The van der Waals surface area contributed by atoms with Crippen molar-refractivity contribution in [2.24, 2.45) is 0 Å². The smallest absolute Gasteiger partial charge is 0.355 e. The molecule has 0 aliphatic rings. The second-order valence-corrected chi connectivity index (χ2v) is 8.08. The zero-order chi connectivity index (χ0) is 25.4. The summed E-state index contributed by atoms with van der Waals surface area (Å²) in [5, 5.41) is 11.4. The van der Waals surface area contributed by atoms with Crippen LogP contribution in [0.25, 0.3) is 45.0 Å². The Labute approximate surface area is 205 Å². The molecule has 9 heteroatoms. The number of esters is 1. The molecule has 5 aromatic rings. The molecule has 36 heavy (non-hydrogen) atoms. The van der Waals surface area contributed by atoms with Crippen molar-refractivity contribution in [3.05, 3.63) is 76.3 Å². The van der Waals surface area contributed by atoms with E-state index in [-0.39, 0.29) is 23.8 Å². The van der Waals surface area contributed by atoms with Crippen LogP contribution in [0.2, 0.25) is 0 Å². The van der Waals surface area contributed by atoms with Crippen LogP contribution in [-0.4, -0.2) is 39.7 Å². The Morgan fingerprint density at radius 1 is 1.11 bits per heavy atom. The van der Waals surface area contributed by atoms with Gasteiger partial charge in [0.2, 0.25) is 11.2 Å². The van der Waals surface area contributed by atoms with E-state index in [0.717, 1.165) is 10.9 Å². The number of imidazole rings is 1. The van der Waals surface area contributed by atoms with Crippen LogP contribution in [0.4, 0.5) is 0 Å². The highest BCUT2D eigenvalue weighted by Gasteiger charge is 2.27. The van der Waals surface area contributed by atoms with Crippen molar-refractivity contribution < 1.29 is 23.8 Å². The van der Waals surface area contributed by atoms with Crippen LogP contribution < -0.4 is 10.2 Å². The normalized spacial score (nSPS) is 11.1. The summed E-state index contributed by atoms with van der Waals surface area (Å²) in [5.41, 5.74) is 2.18. The molecule has 3 aromatic heterocycles. The summed E-state index contributed by atoms with van der Waals surface area (Å²) >= 11 is 0. The molecule has 0 saturated carbocycles. The first-order valence-corrected chi connectivity index (χ1v) is 11.3. The number of benzene rings is 2. The predicted octanol–water partition coefficient (Wildman–Crippen LogP) is 5.04. The Morgan fingerprint density at radius 3 is 2.69 bits per heavy atom. The largest absolute Gasteiger partial charge is 0.501 e. The number of nitrogens with one attached hydrogen (secondary N) is 2. The third-order valence-corrected chi connectivity index (χ3v) is 5.74. The quantitative estimate of drug-likeness (QED) is 0.287. The van der Waals surface area contributed by atoms with Gasteiger partial charge in [-0.05, 0) is 32.0 Å². The van der Waals surface area contributed by atoms with E-state index in [9.17, 15) is 14.7 Å². The van der Waals surface area contributed by atoms with Crippen LogP contribution in [-0.2, 0) is 4.74 Å². The van der Waals surface area contributed by atoms with E-state index in [1.165, 1.54) is 6.07 Å². The fourth-order valence-corrected chi connectivity index (χ4v) is 4.15. The topological polar surface area (TPSA) is 130 Å². The summed E-state index contributed by atoms with van der Waals surface area (Å²) in [6.07, 6.45) is 0. The highest BCUT2D eigenvalue weighted by atomic mass is 16.5. The molecule has 0 aliphatic heterocycles. The number of fused-ring (bicyclic) bond motifs is 1. The molecule has 0 saturated heterocycles. The van der Waals surface area contributed by atoms with Gasteiger partial charge in [0.15, 0.2) is 5.76 Å². The first-order valence-electron chi connectivity index (χ1n) is 11.3. The van der Waals surface area contributed by atoms with Crippen LogP contribution in [0, 0.1) is 6.92 Å². The number of aromatic nitrogens is 3. The zero-order valence-corrected chi connectivity index (χ0v) is 19.8. The van der Waals surface area contributed by atoms with Crippen LogP contribution in [0.15, 0.2) is 63.8 Å². The average Bonchev–Trinajstić information content (AvgIpc) is 3.48. The average molecular weight is 485 g/mol. The molecule has 3 N–H and O–H groups in total.